The Kier molecular flexibility index (Phi) is 3.98. The molecule has 1 amide bonds. The number of amides is 1. The minimum atomic E-state index is -0.265. The van der Waals surface area contributed by atoms with Crippen molar-refractivity contribution in [3.05, 3.63) is 23.8 Å². The number of thioether (sulfide) groups is 1. The SMILES string of the molecule is NC1=N/C(=O)C/C([C@@H]2CS[C@H](CO)O2)=C/C=C\1. The van der Waals surface area contributed by atoms with Crippen molar-refractivity contribution in [3.8, 4) is 0 Å². The summed E-state index contributed by atoms with van der Waals surface area (Å²) >= 11 is 1.55. The summed E-state index contributed by atoms with van der Waals surface area (Å²) in [6, 6.07) is 0. The summed E-state index contributed by atoms with van der Waals surface area (Å²) in [5.41, 5.74) is 6.17. The Bertz CT molecular complexity index is 404. The van der Waals surface area contributed by atoms with E-state index < -0.39 is 0 Å². The summed E-state index contributed by atoms with van der Waals surface area (Å²) in [4.78, 5) is 15.2. The lowest BCUT2D eigenvalue weighted by molar-refractivity contribution is -0.117. The van der Waals surface area contributed by atoms with Gasteiger partial charge in [0.1, 0.15) is 11.3 Å². The molecule has 2 aliphatic heterocycles. The van der Waals surface area contributed by atoms with Crippen LogP contribution in [0.15, 0.2) is 28.8 Å². The molecule has 0 unspecified atom stereocenters. The molecule has 2 aliphatic rings. The van der Waals surface area contributed by atoms with Crippen LogP contribution in [0.2, 0.25) is 0 Å². The molecular weight excluding hydrogens is 240 g/mol. The van der Waals surface area contributed by atoms with Crippen molar-refractivity contribution in [2.45, 2.75) is 18.0 Å². The summed E-state index contributed by atoms with van der Waals surface area (Å²) in [6.45, 7) is -0.0106. The summed E-state index contributed by atoms with van der Waals surface area (Å²) in [5.74, 6) is 0.705. The average Bonchev–Trinajstić information content (AvgIpc) is 2.73. The van der Waals surface area contributed by atoms with Gasteiger partial charge < -0.3 is 15.6 Å². The molecule has 0 spiro atoms. The zero-order valence-electron chi connectivity index (χ0n) is 9.20. The number of aliphatic hydroxyl groups is 1. The number of hydrogen-bond donors (Lipinski definition) is 2. The molecule has 2 heterocycles. The minimum Gasteiger partial charge on any atom is -0.393 e. The molecule has 0 aromatic carbocycles. The van der Waals surface area contributed by atoms with Gasteiger partial charge in [0.15, 0.2) is 0 Å². The lowest BCUT2D eigenvalue weighted by Crippen LogP contribution is -2.20. The Hall–Kier alpha value is -1.11. The molecule has 2 rings (SSSR count). The normalized spacial score (nSPS) is 37.6. The van der Waals surface area contributed by atoms with Crippen molar-refractivity contribution in [2.24, 2.45) is 10.7 Å². The Balaban J connectivity index is 2.09. The fraction of sp³-hybridized carbons (Fsp3) is 0.455. The van der Waals surface area contributed by atoms with E-state index in [1.165, 1.54) is 0 Å². The van der Waals surface area contributed by atoms with Crippen molar-refractivity contribution < 1.29 is 14.6 Å². The molecule has 0 aliphatic carbocycles. The summed E-state index contributed by atoms with van der Waals surface area (Å²) in [5, 5.41) is 8.98. The molecule has 1 saturated heterocycles. The number of amidine groups is 1. The number of ether oxygens (including phenoxy) is 1. The number of allylic oxidation sites excluding steroid dienone is 2. The van der Waals surface area contributed by atoms with E-state index >= 15 is 0 Å². The zero-order chi connectivity index (χ0) is 12.3. The number of carbonyl (C=O) groups is 1. The van der Waals surface area contributed by atoms with Gasteiger partial charge in [-0.3, -0.25) is 4.79 Å². The predicted molar refractivity (Wildman–Crippen MR) is 66.7 cm³/mol. The van der Waals surface area contributed by atoms with E-state index in [1.54, 1.807) is 23.9 Å². The third-order valence-corrected chi connectivity index (χ3v) is 3.63. The lowest BCUT2D eigenvalue weighted by Gasteiger charge is -2.14. The molecular formula is C11H14N2O3S. The first-order chi connectivity index (χ1) is 8.19. The molecule has 1 fully saturated rings. The van der Waals surface area contributed by atoms with Crippen LogP contribution in [0.5, 0.6) is 0 Å². The first-order valence-corrected chi connectivity index (χ1v) is 6.36. The number of carbonyl (C=O) groups excluding carboxylic acids is 1. The van der Waals surface area contributed by atoms with Gasteiger partial charge in [0, 0.05) is 5.75 Å². The Morgan fingerprint density at radius 3 is 3.18 bits per heavy atom. The van der Waals surface area contributed by atoms with Crippen molar-refractivity contribution in [1.82, 2.24) is 0 Å². The van der Waals surface area contributed by atoms with Crippen molar-refractivity contribution in [3.63, 3.8) is 0 Å². The van der Waals surface area contributed by atoms with Gasteiger partial charge >= 0.3 is 0 Å². The van der Waals surface area contributed by atoms with Gasteiger partial charge in [0.2, 0.25) is 0 Å². The second-order valence-corrected chi connectivity index (χ2v) is 4.97. The van der Waals surface area contributed by atoms with Crippen molar-refractivity contribution >= 4 is 23.5 Å². The van der Waals surface area contributed by atoms with Gasteiger partial charge in [-0.2, -0.15) is 4.99 Å². The monoisotopic (exact) mass is 254 g/mol. The molecule has 0 aromatic rings. The molecule has 2 atom stereocenters. The van der Waals surface area contributed by atoms with Crippen LogP contribution in [0, 0.1) is 0 Å². The van der Waals surface area contributed by atoms with Gasteiger partial charge in [-0.25, -0.2) is 0 Å². The highest BCUT2D eigenvalue weighted by Gasteiger charge is 2.28. The van der Waals surface area contributed by atoms with Gasteiger partial charge in [-0.1, -0.05) is 12.2 Å². The van der Waals surface area contributed by atoms with E-state index in [2.05, 4.69) is 4.99 Å². The third kappa shape index (κ3) is 3.18. The smallest absolute Gasteiger partial charge is 0.251 e. The van der Waals surface area contributed by atoms with E-state index in [4.69, 9.17) is 15.6 Å². The largest absolute Gasteiger partial charge is 0.393 e. The summed E-state index contributed by atoms with van der Waals surface area (Å²) < 4.78 is 5.60. The number of nitrogens with two attached hydrogens (primary N) is 1. The van der Waals surface area contributed by atoms with Gasteiger partial charge in [-0.15, -0.1) is 11.8 Å². The number of hydrogen-bond acceptors (Lipinski definition) is 5. The van der Waals surface area contributed by atoms with Crippen LogP contribution in [0.4, 0.5) is 0 Å². The topological polar surface area (TPSA) is 84.9 Å². The van der Waals surface area contributed by atoms with Gasteiger partial charge in [-0.05, 0) is 11.6 Å². The first-order valence-electron chi connectivity index (χ1n) is 5.31. The quantitative estimate of drug-likeness (QED) is 0.735. The highest BCUT2D eigenvalue weighted by molar-refractivity contribution is 8.00. The summed E-state index contributed by atoms with van der Waals surface area (Å²) in [7, 11) is 0. The van der Waals surface area contributed by atoms with E-state index in [0.717, 1.165) is 11.3 Å². The molecule has 5 nitrogen and oxygen atoms in total. The number of nitrogens with zero attached hydrogens (tertiary/aromatic N) is 1. The highest BCUT2D eigenvalue weighted by Crippen LogP contribution is 2.30. The average molecular weight is 254 g/mol. The van der Waals surface area contributed by atoms with Crippen molar-refractivity contribution in [2.75, 3.05) is 12.4 Å². The highest BCUT2D eigenvalue weighted by atomic mass is 32.2. The predicted octanol–water partition coefficient (Wildman–Crippen LogP) is 0.207. The molecule has 0 radical (unpaired) electrons. The second-order valence-electron chi connectivity index (χ2n) is 3.78. The minimum absolute atomic E-state index is 0.0106. The van der Waals surface area contributed by atoms with Crippen LogP contribution in [0.25, 0.3) is 0 Å². The molecule has 0 aromatic heterocycles. The van der Waals surface area contributed by atoms with E-state index in [9.17, 15) is 4.79 Å². The first kappa shape index (κ1) is 12.3. The van der Waals surface area contributed by atoms with E-state index in [1.807, 2.05) is 6.08 Å². The van der Waals surface area contributed by atoms with E-state index in [0.29, 0.717) is 0 Å². The van der Waals surface area contributed by atoms with Gasteiger partial charge in [0.05, 0.1) is 19.1 Å². The van der Waals surface area contributed by atoms with Crippen LogP contribution < -0.4 is 5.73 Å². The standard InChI is InChI=1S/C11H14N2O3S/c12-9-3-1-2-7(4-10(15)13-9)8-6-17-11(5-14)16-8/h1-3,8,11,14H,4-6H2,(H2,12,13,15)/b3-1-,7-2-/t8-,11+/m0/s1. The number of aliphatic imine (C=N–C) groups is 1. The third-order valence-electron chi connectivity index (χ3n) is 2.50. The molecule has 0 saturated carbocycles. The fourth-order valence-electron chi connectivity index (χ4n) is 1.69. The molecule has 17 heavy (non-hydrogen) atoms. The van der Waals surface area contributed by atoms with Crippen LogP contribution in [-0.2, 0) is 9.53 Å². The van der Waals surface area contributed by atoms with E-state index in [-0.39, 0.29) is 36.3 Å². The Labute approximate surface area is 103 Å². The zero-order valence-corrected chi connectivity index (χ0v) is 10.0. The maximum atomic E-state index is 11.5. The Morgan fingerprint density at radius 2 is 2.47 bits per heavy atom. The Morgan fingerprint density at radius 1 is 1.65 bits per heavy atom. The van der Waals surface area contributed by atoms with Crippen LogP contribution in [0.3, 0.4) is 0 Å². The molecule has 6 heteroatoms. The fourth-order valence-corrected chi connectivity index (χ4v) is 2.69. The number of rotatable bonds is 2. The lowest BCUT2D eigenvalue weighted by atomic mass is 10.1. The molecule has 0 bridgehead atoms. The van der Waals surface area contributed by atoms with Crippen molar-refractivity contribution in [1.29, 1.82) is 0 Å². The van der Waals surface area contributed by atoms with Gasteiger partial charge in [0.25, 0.3) is 5.91 Å². The molecule has 3 N–H and O–H groups in total. The number of aliphatic hydroxyl groups excluding tert-OH is 1. The maximum absolute atomic E-state index is 11.5. The van der Waals surface area contributed by atoms with Crippen LogP contribution >= 0.6 is 11.8 Å². The second kappa shape index (κ2) is 5.48. The maximum Gasteiger partial charge on any atom is 0.251 e. The van der Waals surface area contributed by atoms with Crippen LogP contribution in [-0.4, -0.2) is 40.7 Å². The van der Waals surface area contributed by atoms with Crippen LogP contribution in [0.1, 0.15) is 6.42 Å². The molecule has 92 valence electrons. The summed E-state index contributed by atoms with van der Waals surface area (Å²) in [6.07, 6.45) is 5.28.